The van der Waals surface area contributed by atoms with Gasteiger partial charge in [0.25, 0.3) is 0 Å². The summed E-state index contributed by atoms with van der Waals surface area (Å²) in [5.41, 5.74) is 8.36. The van der Waals surface area contributed by atoms with Crippen molar-refractivity contribution in [3.63, 3.8) is 0 Å². The fourth-order valence-electron chi connectivity index (χ4n) is 2.22. The van der Waals surface area contributed by atoms with Gasteiger partial charge >= 0.3 is 0 Å². The molecule has 0 aliphatic carbocycles. The first-order valence-electron chi connectivity index (χ1n) is 7.28. The second kappa shape index (κ2) is 7.55. The first kappa shape index (κ1) is 16.6. The summed E-state index contributed by atoms with van der Waals surface area (Å²) in [7, 11) is 0. The van der Waals surface area contributed by atoms with Crippen molar-refractivity contribution in [2.45, 2.75) is 13.0 Å². The Labute approximate surface area is 152 Å². The topological polar surface area (TPSA) is 80.9 Å². The lowest BCUT2D eigenvalue weighted by Crippen LogP contribution is -2.06. The number of nitrogens with two attached hydrogens (primary N) is 1. The molecule has 0 fully saturated rings. The number of aromatic nitrogens is 2. The minimum Gasteiger partial charge on any atom is -0.382 e. The Bertz CT molecular complexity index is 865. The van der Waals surface area contributed by atoms with Crippen molar-refractivity contribution >= 4 is 44.6 Å². The van der Waals surface area contributed by atoms with E-state index in [1.165, 1.54) is 11.3 Å². The number of halogens is 1. The molecule has 0 aliphatic heterocycles. The Balaban J connectivity index is 1.66. The molecule has 0 bridgehead atoms. The van der Waals surface area contributed by atoms with Gasteiger partial charge in [0, 0.05) is 18.8 Å². The molecule has 0 aliphatic rings. The van der Waals surface area contributed by atoms with E-state index in [4.69, 9.17) is 5.73 Å². The number of carbonyl (C=O) groups is 1. The zero-order valence-electron chi connectivity index (χ0n) is 12.7. The lowest BCUT2D eigenvalue weighted by Gasteiger charge is -2.08. The van der Waals surface area contributed by atoms with Crippen LogP contribution >= 0.6 is 27.3 Å². The van der Waals surface area contributed by atoms with Crippen molar-refractivity contribution in [3.05, 3.63) is 68.7 Å². The van der Waals surface area contributed by atoms with Gasteiger partial charge in [-0.2, -0.15) is 0 Å². The van der Waals surface area contributed by atoms with Crippen molar-refractivity contribution < 1.29 is 4.79 Å². The van der Waals surface area contributed by atoms with Gasteiger partial charge in [0.1, 0.15) is 5.82 Å². The Morgan fingerprint density at radius 2 is 2.08 bits per heavy atom. The maximum Gasteiger partial charge on any atom is 0.177 e. The predicted octanol–water partition coefficient (Wildman–Crippen LogP) is 3.92. The molecule has 3 N–H and O–H groups in total. The summed E-state index contributed by atoms with van der Waals surface area (Å²) >= 11 is 4.83. The second-order valence-corrected chi connectivity index (χ2v) is 7.61. The van der Waals surface area contributed by atoms with Crippen molar-refractivity contribution in [2.24, 2.45) is 0 Å². The van der Waals surface area contributed by atoms with Crippen LogP contribution in [0.5, 0.6) is 0 Å². The lowest BCUT2D eigenvalue weighted by molar-refractivity contribution is 0.0997. The summed E-state index contributed by atoms with van der Waals surface area (Å²) in [6.07, 6.45) is 3.72. The summed E-state index contributed by atoms with van der Waals surface area (Å²) < 4.78 is 0.958. The third-order valence-corrected chi connectivity index (χ3v) is 5.06. The highest BCUT2D eigenvalue weighted by molar-refractivity contribution is 9.11. The first-order valence-corrected chi connectivity index (χ1v) is 8.89. The SMILES string of the molecule is Nc1ncccc1NCc1cc(CC(=O)c2ccc(Br)s2)ccn1. The number of nitrogens with one attached hydrogen (secondary N) is 1. The zero-order chi connectivity index (χ0) is 16.9. The third-order valence-electron chi connectivity index (χ3n) is 3.39. The number of hydrogen-bond donors (Lipinski definition) is 2. The number of hydrogen-bond acceptors (Lipinski definition) is 6. The molecule has 0 aromatic carbocycles. The summed E-state index contributed by atoms with van der Waals surface area (Å²) in [6, 6.07) is 11.2. The summed E-state index contributed by atoms with van der Waals surface area (Å²) in [4.78, 5) is 21.4. The van der Waals surface area contributed by atoms with E-state index >= 15 is 0 Å². The van der Waals surface area contributed by atoms with Gasteiger partial charge < -0.3 is 11.1 Å². The first-order chi connectivity index (χ1) is 11.6. The Hall–Kier alpha value is -2.25. The molecule has 3 aromatic heterocycles. The van der Waals surface area contributed by atoms with Gasteiger partial charge in [-0.3, -0.25) is 9.78 Å². The van der Waals surface area contributed by atoms with E-state index in [0.29, 0.717) is 18.8 Å². The molecule has 0 radical (unpaired) electrons. The Kier molecular flexibility index (Phi) is 5.22. The molecule has 24 heavy (non-hydrogen) atoms. The number of rotatable bonds is 6. The largest absolute Gasteiger partial charge is 0.382 e. The predicted molar refractivity (Wildman–Crippen MR) is 100 cm³/mol. The Morgan fingerprint density at radius 3 is 2.83 bits per heavy atom. The second-order valence-electron chi connectivity index (χ2n) is 5.15. The summed E-state index contributed by atoms with van der Waals surface area (Å²) in [5.74, 6) is 0.555. The van der Waals surface area contributed by atoms with Crippen molar-refractivity contribution in [1.29, 1.82) is 0 Å². The fraction of sp³-hybridized carbons (Fsp3) is 0.118. The highest BCUT2D eigenvalue weighted by Crippen LogP contribution is 2.23. The summed E-state index contributed by atoms with van der Waals surface area (Å²) in [5, 5.41) is 3.21. The van der Waals surface area contributed by atoms with Crippen LogP contribution in [0.1, 0.15) is 20.9 Å². The average molecular weight is 403 g/mol. The number of anilines is 2. The molecule has 0 saturated carbocycles. The molecular weight excluding hydrogens is 388 g/mol. The van der Waals surface area contributed by atoms with Gasteiger partial charge in [-0.25, -0.2) is 4.98 Å². The van der Waals surface area contributed by atoms with E-state index < -0.39 is 0 Å². The number of thiophene rings is 1. The number of pyridine rings is 2. The maximum absolute atomic E-state index is 12.3. The minimum absolute atomic E-state index is 0.104. The van der Waals surface area contributed by atoms with Crippen LogP contribution in [0.15, 0.2) is 52.6 Å². The molecule has 0 unspecified atom stereocenters. The smallest absolute Gasteiger partial charge is 0.177 e. The van der Waals surface area contributed by atoms with Crippen LogP contribution in [0.3, 0.4) is 0 Å². The van der Waals surface area contributed by atoms with E-state index in [2.05, 4.69) is 31.2 Å². The standard InChI is InChI=1S/C17H15BrN4OS/c18-16-4-3-15(24-16)14(23)9-11-5-7-20-12(8-11)10-22-13-2-1-6-21-17(13)19/h1-8,22H,9-10H2,(H2,19,21). The van der Waals surface area contributed by atoms with Gasteiger partial charge in [0.15, 0.2) is 5.78 Å². The van der Waals surface area contributed by atoms with Gasteiger partial charge in [-0.1, -0.05) is 0 Å². The van der Waals surface area contributed by atoms with Crippen LogP contribution in [0.25, 0.3) is 0 Å². The third kappa shape index (κ3) is 4.18. The minimum atomic E-state index is 0.104. The summed E-state index contributed by atoms with van der Waals surface area (Å²) in [6.45, 7) is 0.516. The van der Waals surface area contributed by atoms with Crippen molar-refractivity contribution in [1.82, 2.24) is 9.97 Å². The van der Waals surface area contributed by atoms with E-state index in [-0.39, 0.29) is 5.78 Å². The van der Waals surface area contributed by atoms with E-state index in [0.717, 1.165) is 25.6 Å². The van der Waals surface area contributed by atoms with Crippen LogP contribution in [0, 0.1) is 0 Å². The molecule has 3 heterocycles. The number of carbonyl (C=O) groups excluding carboxylic acids is 1. The Morgan fingerprint density at radius 1 is 1.21 bits per heavy atom. The highest BCUT2D eigenvalue weighted by atomic mass is 79.9. The van der Waals surface area contributed by atoms with Gasteiger partial charge in [0.2, 0.25) is 0 Å². The quantitative estimate of drug-likeness (QED) is 0.610. The lowest BCUT2D eigenvalue weighted by atomic mass is 10.1. The van der Waals surface area contributed by atoms with Crippen LogP contribution in [0.4, 0.5) is 11.5 Å². The van der Waals surface area contributed by atoms with Crippen LogP contribution in [-0.4, -0.2) is 15.8 Å². The van der Waals surface area contributed by atoms with Gasteiger partial charge in [-0.05, 0) is 57.9 Å². The number of nitrogen functional groups attached to an aromatic ring is 1. The highest BCUT2D eigenvalue weighted by Gasteiger charge is 2.10. The molecule has 0 amide bonds. The van der Waals surface area contributed by atoms with Crippen LogP contribution in [0.2, 0.25) is 0 Å². The molecular formula is C17H15BrN4OS. The average Bonchev–Trinajstić information content (AvgIpc) is 3.01. The molecule has 7 heteroatoms. The zero-order valence-corrected chi connectivity index (χ0v) is 15.1. The monoisotopic (exact) mass is 402 g/mol. The molecule has 3 aromatic rings. The van der Waals surface area contributed by atoms with E-state index in [9.17, 15) is 4.79 Å². The molecule has 0 spiro atoms. The van der Waals surface area contributed by atoms with Gasteiger partial charge in [-0.15, -0.1) is 11.3 Å². The van der Waals surface area contributed by atoms with E-state index in [1.807, 2.05) is 36.4 Å². The molecule has 122 valence electrons. The molecule has 0 atom stereocenters. The van der Waals surface area contributed by atoms with E-state index in [1.54, 1.807) is 12.4 Å². The maximum atomic E-state index is 12.3. The number of Topliss-reactive ketones (excluding diaryl/α,β-unsaturated/α-hetero) is 1. The fourth-order valence-corrected chi connectivity index (χ4v) is 3.55. The van der Waals surface area contributed by atoms with Crippen LogP contribution in [-0.2, 0) is 13.0 Å². The van der Waals surface area contributed by atoms with Crippen molar-refractivity contribution in [2.75, 3.05) is 11.1 Å². The number of nitrogens with zero attached hydrogens (tertiary/aromatic N) is 2. The van der Waals surface area contributed by atoms with Crippen LogP contribution < -0.4 is 11.1 Å². The normalized spacial score (nSPS) is 10.5. The molecule has 0 saturated heterocycles. The number of ketones is 1. The molecule has 5 nitrogen and oxygen atoms in total. The van der Waals surface area contributed by atoms with Gasteiger partial charge in [0.05, 0.1) is 26.6 Å². The van der Waals surface area contributed by atoms with Crippen molar-refractivity contribution in [3.8, 4) is 0 Å². The molecule has 3 rings (SSSR count).